The third-order valence-corrected chi connectivity index (χ3v) is 4.61. The fraction of sp³-hybridized carbons (Fsp3) is 0.846. The average Bonchev–Trinajstić information content (AvgIpc) is 2.78. The van der Waals surface area contributed by atoms with Crippen LogP contribution in [0.4, 0.5) is 4.79 Å². The Balaban J connectivity index is 2.57. The summed E-state index contributed by atoms with van der Waals surface area (Å²) in [5, 5.41) is 9.18. The van der Waals surface area contributed by atoms with Crippen molar-refractivity contribution in [1.29, 1.82) is 0 Å². The molecule has 2 atom stereocenters. The van der Waals surface area contributed by atoms with E-state index >= 15 is 0 Å². The van der Waals surface area contributed by atoms with Gasteiger partial charge in [-0.25, -0.2) is 4.79 Å². The number of thioether (sulfide) groups is 1. The number of rotatable bonds is 5. The number of carbonyl (C=O) groups is 2. The minimum absolute atomic E-state index is 0.0569. The molecule has 1 rings (SSSR count). The van der Waals surface area contributed by atoms with Gasteiger partial charge in [0.1, 0.15) is 0 Å². The Bertz CT molecular complexity index is 351. The van der Waals surface area contributed by atoms with Crippen molar-refractivity contribution in [3.63, 3.8) is 0 Å². The van der Waals surface area contributed by atoms with E-state index in [4.69, 9.17) is 0 Å². The minimum Gasteiger partial charge on any atom is -0.481 e. The van der Waals surface area contributed by atoms with Crippen molar-refractivity contribution in [2.75, 3.05) is 32.1 Å². The van der Waals surface area contributed by atoms with Gasteiger partial charge >= 0.3 is 12.0 Å². The highest BCUT2D eigenvalue weighted by Gasteiger charge is 2.43. The number of amides is 2. The van der Waals surface area contributed by atoms with Crippen LogP contribution in [0.5, 0.6) is 0 Å². The van der Waals surface area contributed by atoms with Crippen molar-refractivity contribution in [3.05, 3.63) is 0 Å². The minimum atomic E-state index is -0.819. The van der Waals surface area contributed by atoms with E-state index in [0.29, 0.717) is 19.5 Å². The fourth-order valence-electron chi connectivity index (χ4n) is 2.19. The molecule has 5 nitrogen and oxygen atoms in total. The molecule has 1 N–H and O–H groups in total. The van der Waals surface area contributed by atoms with E-state index in [0.717, 1.165) is 12.2 Å². The molecule has 0 aromatic heterocycles. The Kier molecular flexibility index (Phi) is 5.52. The second kappa shape index (κ2) is 6.50. The maximum atomic E-state index is 12.3. The molecule has 1 aliphatic rings. The Hall–Kier alpha value is -0.910. The monoisotopic (exact) mass is 288 g/mol. The van der Waals surface area contributed by atoms with Gasteiger partial charge in [0.15, 0.2) is 0 Å². The molecule has 1 aliphatic heterocycles. The molecule has 1 saturated heterocycles. The molecular formula is C13H24N2O3S. The summed E-state index contributed by atoms with van der Waals surface area (Å²) >= 11 is 1.77. The number of likely N-dealkylation sites (tertiary alicyclic amines) is 1. The van der Waals surface area contributed by atoms with E-state index in [-0.39, 0.29) is 12.1 Å². The van der Waals surface area contributed by atoms with Crippen molar-refractivity contribution in [1.82, 2.24) is 9.80 Å². The maximum absolute atomic E-state index is 12.3. The molecule has 2 amide bonds. The van der Waals surface area contributed by atoms with E-state index < -0.39 is 11.4 Å². The summed E-state index contributed by atoms with van der Waals surface area (Å²) in [4.78, 5) is 26.9. The van der Waals surface area contributed by atoms with Crippen LogP contribution >= 0.6 is 11.8 Å². The van der Waals surface area contributed by atoms with Gasteiger partial charge in [0.2, 0.25) is 0 Å². The summed E-state index contributed by atoms with van der Waals surface area (Å²) in [7, 11) is 1.80. The largest absolute Gasteiger partial charge is 0.481 e. The molecule has 0 aromatic rings. The molecule has 0 bridgehead atoms. The van der Waals surface area contributed by atoms with Crippen LogP contribution in [-0.2, 0) is 4.79 Å². The van der Waals surface area contributed by atoms with Crippen LogP contribution in [0.3, 0.4) is 0 Å². The lowest BCUT2D eigenvalue weighted by Crippen LogP contribution is -2.45. The zero-order chi connectivity index (χ0) is 14.6. The molecule has 1 fully saturated rings. The van der Waals surface area contributed by atoms with Crippen molar-refractivity contribution in [3.8, 4) is 0 Å². The van der Waals surface area contributed by atoms with Gasteiger partial charge in [-0.1, -0.05) is 0 Å². The predicted molar refractivity (Wildman–Crippen MR) is 77.6 cm³/mol. The van der Waals surface area contributed by atoms with Gasteiger partial charge in [-0.05, 0) is 38.7 Å². The van der Waals surface area contributed by atoms with Crippen molar-refractivity contribution in [2.45, 2.75) is 32.7 Å². The van der Waals surface area contributed by atoms with Gasteiger partial charge in [0.25, 0.3) is 0 Å². The molecule has 0 radical (unpaired) electrons. The van der Waals surface area contributed by atoms with Gasteiger partial charge in [0.05, 0.1) is 5.41 Å². The van der Waals surface area contributed by atoms with Crippen molar-refractivity contribution in [2.24, 2.45) is 5.41 Å². The molecule has 1 heterocycles. The number of aliphatic carboxylic acids is 1. The molecule has 0 aliphatic carbocycles. The smallest absolute Gasteiger partial charge is 0.320 e. The summed E-state index contributed by atoms with van der Waals surface area (Å²) in [5.41, 5.74) is -0.793. The Labute approximate surface area is 119 Å². The summed E-state index contributed by atoms with van der Waals surface area (Å²) < 4.78 is 0. The number of carbonyl (C=O) groups excluding carboxylic acids is 1. The molecule has 0 saturated carbocycles. The van der Waals surface area contributed by atoms with E-state index in [1.807, 2.05) is 13.2 Å². The normalized spacial score (nSPS) is 24.3. The number of carboxylic acids is 1. The maximum Gasteiger partial charge on any atom is 0.320 e. The van der Waals surface area contributed by atoms with Crippen LogP contribution in [0.25, 0.3) is 0 Å². The summed E-state index contributed by atoms with van der Waals surface area (Å²) in [6.07, 6.45) is 3.53. The summed E-state index contributed by atoms with van der Waals surface area (Å²) in [6.45, 7) is 4.57. The Morgan fingerprint density at radius 2 is 2.16 bits per heavy atom. The van der Waals surface area contributed by atoms with Crippen LogP contribution in [-0.4, -0.2) is 65.1 Å². The SMILES string of the molecule is CSCCC(C)N(C)C(=O)N1CCC(C)(C(=O)O)C1. The van der Waals surface area contributed by atoms with Crippen molar-refractivity contribution < 1.29 is 14.7 Å². The van der Waals surface area contributed by atoms with Gasteiger partial charge in [0, 0.05) is 26.2 Å². The molecule has 19 heavy (non-hydrogen) atoms. The highest BCUT2D eigenvalue weighted by atomic mass is 32.2. The topological polar surface area (TPSA) is 60.9 Å². The molecular weight excluding hydrogens is 264 g/mol. The lowest BCUT2D eigenvalue weighted by Gasteiger charge is -2.30. The summed E-state index contributed by atoms with van der Waals surface area (Å²) in [5.74, 6) is 0.201. The standard InChI is InChI=1S/C13H24N2O3S/c1-10(5-8-19-4)14(3)12(18)15-7-6-13(2,9-15)11(16)17/h10H,5-9H2,1-4H3,(H,16,17). The second-order valence-corrected chi connectivity index (χ2v) is 6.55. The average molecular weight is 288 g/mol. The lowest BCUT2D eigenvalue weighted by atomic mass is 9.90. The highest BCUT2D eigenvalue weighted by Crippen LogP contribution is 2.30. The molecule has 0 spiro atoms. The third-order valence-electron chi connectivity index (χ3n) is 3.96. The number of urea groups is 1. The van der Waals surface area contributed by atoms with Crippen LogP contribution in [0.2, 0.25) is 0 Å². The van der Waals surface area contributed by atoms with E-state index in [1.165, 1.54) is 0 Å². The first-order valence-electron chi connectivity index (χ1n) is 6.56. The first-order chi connectivity index (χ1) is 8.81. The third kappa shape index (κ3) is 3.78. The zero-order valence-corrected chi connectivity index (χ0v) is 13.0. The van der Waals surface area contributed by atoms with Crippen LogP contribution < -0.4 is 0 Å². The van der Waals surface area contributed by atoms with E-state index in [9.17, 15) is 14.7 Å². The van der Waals surface area contributed by atoms with E-state index in [2.05, 4.69) is 0 Å². The number of carboxylic acid groups (broad SMARTS) is 1. The first kappa shape index (κ1) is 16.1. The molecule has 110 valence electrons. The van der Waals surface area contributed by atoms with E-state index in [1.54, 1.807) is 35.5 Å². The van der Waals surface area contributed by atoms with Gasteiger partial charge in [-0.2, -0.15) is 11.8 Å². The van der Waals surface area contributed by atoms with Gasteiger partial charge < -0.3 is 14.9 Å². The number of hydrogen-bond donors (Lipinski definition) is 1. The molecule has 6 heteroatoms. The fourth-order valence-corrected chi connectivity index (χ4v) is 2.77. The predicted octanol–water partition coefficient (Wildman–Crippen LogP) is 1.98. The molecule has 2 unspecified atom stereocenters. The van der Waals surface area contributed by atoms with Crippen LogP contribution in [0, 0.1) is 5.41 Å². The highest BCUT2D eigenvalue weighted by molar-refractivity contribution is 7.98. The molecule has 0 aromatic carbocycles. The lowest BCUT2D eigenvalue weighted by molar-refractivity contribution is -0.147. The quantitative estimate of drug-likeness (QED) is 0.840. The second-order valence-electron chi connectivity index (χ2n) is 5.56. The van der Waals surface area contributed by atoms with Crippen LogP contribution in [0.1, 0.15) is 26.7 Å². The Morgan fingerprint density at radius 1 is 1.53 bits per heavy atom. The van der Waals surface area contributed by atoms with Gasteiger partial charge in [-0.15, -0.1) is 0 Å². The first-order valence-corrected chi connectivity index (χ1v) is 7.95. The van der Waals surface area contributed by atoms with Crippen molar-refractivity contribution >= 4 is 23.8 Å². The number of hydrogen-bond acceptors (Lipinski definition) is 3. The summed E-state index contributed by atoms with van der Waals surface area (Å²) in [6, 6.07) is 0.121. The Morgan fingerprint density at radius 3 is 2.63 bits per heavy atom. The van der Waals surface area contributed by atoms with Crippen LogP contribution in [0.15, 0.2) is 0 Å². The number of nitrogens with zero attached hydrogens (tertiary/aromatic N) is 2. The zero-order valence-electron chi connectivity index (χ0n) is 12.2. The van der Waals surface area contributed by atoms with Gasteiger partial charge in [-0.3, -0.25) is 4.79 Å².